The molecule has 0 spiro atoms. The van der Waals surface area contributed by atoms with E-state index in [-0.39, 0.29) is 32.5 Å². The number of carbonyl (C=O) groups is 1. The number of carboxylic acids is 1. The first kappa shape index (κ1) is 11.1. The Kier molecular flexibility index (Phi) is 7.37. The molecule has 3 nitrogen and oxygen atoms in total. The molecule has 0 fully saturated rings. The molecule has 0 bridgehead atoms. The second-order valence-corrected chi connectivity index (χ2v) is 1.63. The molecule has 0 aromatic heterocycles. The van der Waals surface area contributed by atoms with Crippen molar-refractivity contribution in [2.45, 2.75) is 0 Å². The van der Waals surface area contributed by atoms with Crippen molar-refractivity contribution in [3.05, 3.63) is 0 Å². The third-order valence-corrected chi connectivity index (χ3v) is 0.451. The van der Waals surface area contributed by atoms with Gasteiger partial charge in [-0.25, -0.2) is 0 Å². The number of hydrogen-bond acceptors (Lipinski definition) is 2. The first-order valence-electron chi connectivity index (χ1n) is 1.99. The van der Waals surface area contributed by atoms with Gasteiger partial charge in [-0.05, 0) is 14.1 Å². The van der Waals surface area contributed by atoms with Crippen molar-refractivity contribution in [2.24, 2.45) is 0 Å². The minimum atomic E-state index is -0.787. The second-order valence-electron chi connectivity index (χ2n) is 1.63. The van der Waals surface area contributed by atoms with Gasteiger partial charge < -0.3 is 7.96 Å². The smallest absolute Gasteiger partial charge is 1.00 e. The van der Waals surface area contributed by atoms with Crippen LogP contribution in [-0.4, -0.2) is 59.7 Å². The summed E-state index contributed by atoms with van der Waals surface area (Å²) in [7, 11) is 3.43. The molecule has 0 rings (SSSR count). The molecule has 0 unspecified atom stereocenters. The Morgan fingerprint density at radius 2 is 2.12 bits per heavy atom. The summed E-state index contributed by atoms with van der Waals surface area (Å²) >= 11 is 0. The molecule has 0 aliphatic carbocycles. The SMILES string of the molecule is CN(C)CC(=O)O.[H-].[H-].[Mg+2]. The van der Waals surface area contributed by atoms with Crippen LogP contribution >= 0.6 is 0 Å². The van der Waals surface area contributed by atoms with Gasteiger partial charge in [-0.15, -0.1) is 0 Å². The van der Waals surface area contributed by atoms with Crippen LogP contribution < -0.4 is 0 Å². The van der Waals surface area contributed by atoms with Gasteiger partial charge in [0.1, 0.15) is 0 Å². The Balaban J connectivity index is -0.0000000600. The second kappa shape index (κ2) is 5.34. The van der Waals surface area contributed by atoms with Crippen LogP contribution in [0, 0.1) is 0 Å². The van der Waals surface area contributed by atoms with Gasteiger partial charge in [0.15, 0.2) is 0 Å². The van der Waals surface area contributed by atoms with Crippen molar-refractivity contribution in [3.8, 4) is 0 Å². The summed E-state index contributed by atoms with van der Waals surface area (Å²) in [6.45, 7) is 0.111. The van der Waals surface area contributed by atoms with Crippen LogP contribution in [0.15, 0.2) is 0 Å². The van der Waals surface area contributed by atoms with Crippen molar-refractivity contribution < 1.29 is 12.8 Å². The topological polar surface area (TPSA) is 40.5 Å². The zero-order valence-electron chi connectivity index (χ0n) is 7.22. The number of carboxylic acid groups (broad SMARTS) is 1. The van der Waals surface area contributed by atoms with Crippen LogP contribution in [0.5, 0.6) is 0 Å². The molecule has 0 aromatic carbocycles. The minimum Gasteiger partial charge on any atom is -1.00 e. The molecular weight excluding hydrogens is 118 g/mol. The molecular formula is C4H11MgNO2. The first-order chi connectivity index (χ1) is 3.13. The standard InChI is InChI=1S/C4H9NO2.Mg.2H/c1-5(2)3-4(6)7;;;/h3H2,1-2H3,(H,6,7);;;/q;+2;2*-1. The van der Waals surface area contributed by atoms with Gasteiger partial charge in [-0.2, -0.15) is 0 Å². The van der Waals surface area contributed by atoms with Crippen LogP contribution in [0.2, 0.25) is 0 Å². The van der Waals surface area contributed by atoms with Crippen LogP contribution in [0.1, 0.15) is 2.85 Å². The maximum absolute atomic E-state index is 9.77. The molecule has 0 saturated heterocycles. The average Bonchev–Trinajstić information content (AvgIpc) is 1.27. The van der Waals surface area contributed by atoms with Crippen molar-refractivity contribution in [1.82, 2.24) is 4.90 Å². The number of hydrogen-bond donors (Lipinski definition) is 1. The molecule has 0 aliphatic heterocycles. The fraction of sp³-hybridized carbons (Fsp3) is 0.750. The molecule has 0 radical (unpaired) electrons. The van der Waals surface area contributed by atoms with Gasteiger partial charge >= 0.3 is 29.0 Å². The Hall–Kier alpha value is 0.196. The maximum atomic E-state index is 9.77. The Morgan fingerprint density at radius 1 is 1.75 bits per heavy atom. The van der Waals surface area contributed by atoms with Crippen LogP contribution in [0.4, 0.5) is 0 Å². The summed E-state index contributed by atoms with van der Waals surface area (Å²) in [5, 5.41) is 8.04. The number of rotatable bonds is 2. The third kappa shape index (κ3) is 9.50. The van der Waals surface area contributed by atoms with E-state index in [2.05, 4.69) is 0 Å². The minimum absolute atomic E-state index is 0. The summed E-state index contributed by atoms with van der Waals surface area (Å²) in [4.78, 5) is 11.4. The summed E-state index contributed by atoms with van der Waals surface area (Å²) in [5.41, 5.74) is 0. The molecule has 1 N–H and O–H groups in total. The van der Waals surface area contributed by atoms with Crippen molar-refractivity contribution in [1.29, 1.82) is 0 Å². The van der Waals surface area contributed by atoms with Gasteiger partial charge in [0.05, 0.1) is 6.54 Å². The van der Waals surface area contributed by atoms with E-state index >= 15 is 0 Å². The quantitative estimate of drug-likeness (QED) is 0.510. The molecule has 0 aliphatic rings. The van der Waals surface area contributed by atoms with Crippen LogP contribution in [-0.2, 0) is 4.79 Å². The van der Waals surface area contributed by atoms with E-state index in [1.54, 1.807) is 19.0 Å². The summed E-state index contributed by atoms with van der Waals surface area (Å²) in [6, 6.07) is 0. The van der Waals surface area contributed by atoms with E-state index < -0.39 is 5.97 Å². The van der Waals surface area contributed by atoms with E-state index in [4.69, 9.17) is 5.11 Å². The van der Waals surface area contributed by atoms with Gasteiger partial charge in [-0.3, -0.25) is 9.69 Å². The van der Waals surface area contributed by atoms with Crippen molar-refractivity contribution in [2.75, 3.05) is 20.6 Å². The maximum Gasteiger partial charge on any atom is 2.00 e. The van der Waals surface area contributed by atoms with E-state index in [9.17, 15) is 4.79 Å². The van der Waals surface area contributed by atoms with Crippen LogP contribution in [0.25, 0.3) is 0 Å². The zero-order chi connectivity index (χ0) is 5.86. The summed E-state index contributed by atoms with van der Waals surface area (Å²) in [6.07, 6.45) is 0. The Bertz CT molecular complexity index is 81.7. The molecule has 0 amide bonds. The number of likely N-dealkylation sites (N-methyl/N-ethyl adjacent to an activating group) is 1. The predicted molar refractivity (Wildman–Crippen MR) is 34.2 cm³/mol. The van der Waals surface area contributed by atoms with Crippen molar-refractivity contribution in [3.63, 3.8) is 0 Å². The van der Waals surface area contributed by atoms with Crippen LogP contribution in [0.3, 0.4) is 0 Å². The molecule has 8 heavy (non-hydrogen) atoms. The largest absolute Gasteiger partial charge is 2.00 e. The van der Waals surface area contributed by atoms with Gasteiger partial charge in [0, 0.05) is 0 Å². The third-order valence-electron chi connectivity index (χ3n) is 0.451. The number of aliphatic carboxylic acids is 1. The molecule has 0 saturated carbocycles. The fourth-order valence-electron chi connectivity index (χ4n) is 0.271. The van der Waals surface area contributed by atoms with Gasteiger partial charge in [0.25, 0.3) is 0 Å². The Labute approximate surface area is 67.8 Å². The molecule has 4 heteroatoms. The summed E-state index contributed by atoms with van der Waals surface area (Å²) < 4.78 is 0. The number of nitrogens with zero attached hydrogens (tertiary/aromatic N) is 1. The predicted octanol–water partition coefficient (Wildman–Crippen LogP) is -0.523. The Morgan fingerprint density at radius 3 is 2.12 bits per heavy atom. The van der Waals surface area contributed by atoms with Gasteiger partial charge in [0.2, 0.25) is 0 Å². The van der Waals surface area contributed by atoms with E-state index in [1.165, 1.54) is 0 Å². The van der Waals surface area contributed by atoms with Gasteiger partial charge in [-0.1, -0.05) is 0 Å². The molecule has 0 atom stereocenters. The zero-order valence-corrected chi connectivity index (χ0v) is 6.63. The molecule has 0 aromatic rings. The molecule has 46 valence electrons. The molecule has 0 heterocycles. The normalized spacial score (nSPS) is 8.38. The van der Waals surface area contributed by atoms with Crippen molar-refractivity contribution >= 4 is 29.0 Å². The first-order valence-corrected chi connectivity index (χ1v) is 1.99. The van der Waals surface area contributed by atoms with E-state index in [0.29, 0.717) is 0 Å². The van der Waals surface area contributed by atoms with E-state index in [1.807, 2.05) is 0 Å². The fourth-order valence-corrected chi connectivity index (χ4v) is 0.271. The summed E-state index contributed by atoms with van der Waals surface area (Å²) in [5.74, 6) is -0.787. The average molecular weight is 129 g/mol. The monoisotopic (exact) mass is 129 g/mol. The van der Waals surface area contributed by atoms with E-state index in [0.717, 1.165) is 0 Å².